The number of aryl methyl sites for hydroxylation is 1. The number of methoxy groups -OCH3 is 1. The molecule has 1 atom stereocenters. The predicted octanol–water partition coefficient (Wildman–Crippen LogP) is 2.47. The fourth-order valence-corrected chi connectivity index (χ4v) is 4.12. The second-order valence-corrected chi connectivity index (χ2v) is 7.62. The maximum atomic E-state index is 12.7. The average molecular weight is 380 g/mol. The molecule has 2 aliphatic rings. The largest absolute Gasteiger partial charge is 0.496 e. The van der Waals surface area contributed by atoms with E-state index in [0.717, 1.165) is 60.9 Å². The molecule has 6 nitrogen and oxygen atoms in total. The lowest BCUT2D eigenvalue weighted by atomic mass is 9.98. The predicted molar refractivity (Wildman–Crippen MR) is 107 cm³/mol. The smallest absolute Gasteiger partial charge is 0.223 e. The van der Waals surface area contributed by atoms with E-state index in [4.69, 9.17) is 9.72 Å². The summed E-state index contributed by atoms with van der Waals surface area (Å²) in [5.74, 6) is 2.40. The SMILES string of the molecule is COc1ccccc1CCC(=O)N1CCc2nc([C@@H]3CCCNC3)ncc2C1. The van der Waals surface area contributed by atoms with Gasteiger partial charge in [-0.3, -0.25) is 4.79 Å². The van der Waals surface area contributed by atoms with Crippen LogP contribution in [0.1, 0.15) is 47.8 Å². The second-order valence-electron chi connectivity index (χ2n) is 7.62. The number of amides is 1. The molecule has 0 bridgehead atoms. The highest BCUT2D eigenvalue weighted by Crippen LogP contribution is 2.24. The van der Waals surface area contributed by atoms with Gasteiger partial charge in [0.25, 0.3) is 0 Å². The van der Waals surface area contributed by atoms with E-state index in [1.807, 2.05) is 35.4 Å². The van der Waals surface area contributed by atoms with Crippen molar-refractivity contribution in [2.45, 2.75) is 44.6 Å². The molecule has 1 aromatic heterocycles. The van der Waals surface area contributed by atoms with Crippen molar-refractivity contribution in [1.29, 1.82) is 0 Å². The summed E-state index contributed by atoms with van der Waals surface area (Å²) in [6.45, 7) is 3.40. The summed E-state index contributed by atoms with van der Waals surface area (Å²) in [6.07, 6.45) is 6.26. The Balaban J connectivity index is 1.37. The van der Waals surface area contributed by atoms with E-state index in [-0.39, 0.29) is 5.91 Å². The molecule has 0 spiro atoms. The highest BCUT2D eigenvalue weighted by Gasteiger charge is 2.24. The number of hydrogen-bond donors (Lipinski definition) is 1. The van der Waals surface area contributed by atoms with Crippen molar-refractivity contribution in [2.24, 2.45) is 0 Å². The van der Waals surface area contributed by atoms with Crippen molar-refractivity contribution in [3.63, 3.8) is 0 Å². The van der Waals surface area contributed by atoms with Crippen LogP contribution in [-0.2, 0) is 24.2 Å². The molecule has 2 aromatic rings. The first-order valence-electron chi connectivity index (χ1n) is 10.2. The van der Waals surface area contributed by atoms with Crippen molar-refractivity contribution in [3.8, 4) is 5.75 Å². The molecular weight excluding hydrogens is 352 g/mol. The molecule has 6 heteroatoms. The third kappa shape index (κ3) is 4.17. The zero-order valence-electron chi connectivity index (χ0n) is 16.5. The zero-order chi connectivity index (χ0) is 19.3. The minimum Gasteiger partial charge on any atom is -0.496 e. The molecular formula is C22H28N4O2. The molecule has 28 heavy (non-hydrogen) atoms. The van der Waals surface area contributed by atoms with E-state index in [0.29, 0.717) is 25.3 Å². The van der Waals surface area contributed by atoms with Gasteiger partial charge in [-0.25, -0.2) is 9.97 Å². The average Bonchev–Trinajstić information content (AvgIpc) is 2.77. The van der Waals surface area contributed by atoms with Gasteiger partial charge in [0, 0.05) is 50.2 Å². The van der Waals surface area contributed by atoms with Crippen LogP contribution in [0.15, 0.2) is 30.5 Å². The van der Waals surface area contributed by atoms with E-state index in [1.165, 1.54) is 6.42 Å². The van der Waals surface area contributed by atoms with Crippen molar-refractivity contribution < 1.29 is 9.53 Å². The summed E-state index contributed by atoms with van der Waals surface area (Å²) in [4.78, 5) is 24.1. The van der Waals surface area contributed by atoms with Crippen LogP contribution >= 0.6 is 0 Å². The number of ether oxygens (including phenoxy) is 1. The molecule has 4 rings (SSSR count). The molecule has 1 fully saturated rings. The van der Waals surface area contributed by atoms with Gasteiger partial charge in [0.15, 0.2) is 0 Å². The topological polar surface area (TPSA) is 67.3 Å². The lowest BCUT2D eigenvalue weighted by Gasteiger charge is -2.29. The van der Waals surface area contributed by atoms with Crippen LogP contribution < -0.4 is 10.1 Å². The van der Waals surface area contributed by atoms with Gasteiger partial charge in [0.1, 0.15) is 11.6 Å². The number of para-hydroxylation sites is 1. The second kappa shape index (κ2) is 8.69. The van der Waals surface area contributed by atoms with Crippen molar-refractivity contribution in [1.82, 2.24) is 20.2 Å². The summed E-state index contributed by atoms with van der Waals surface area (Å²) < 4.78 is 5.38. The Labute approximate surface area is 166 Å². The first kappa shape index (κ1) is 18.9. The lowest BCUT2D eigenvalue weighted by molar-refractivity contribution is -0.132. The maximum absolute atomic E-state index is 12.7. The molecule has 1 amide bonds. The number of piperidine rings is 1. The van der Waals surface area contributed by atoms with Gasteiger partial charge in [0.05, 0.1) is 12.8 Å². The van der Waals surface area contributed by atoms with E-state index in [1.54, 1.807) is 7.11 Å². The molecule has 3 heterocycles. The molecule has 0 radical (unpaired) electrons. The number of carbonyl (C=O) groups excluding carboxylic acids is 1. The summed E-state index contributed by atoms with van der Waals surface area (Å²) in [6, 6.07) is 7.89. The third-order valence-electron chi connectivity index (χ3n) is 5.77. The first-order chi connectivity index (χ1) is 13.7. The quantitative estimate of drug-likeness (QED) is 0.863. The number of carbonyl (C=O) groups is 1. The van der Waals surface area contributed by atoms with E-state index in [2.05, 4.69) is 10.3 Å². The van der Waals surface area contributed by atoms with Crippen LogP contribution in [0.4, 0.5) is 0 Å². The molecule has 148 valence electrons. The molecule has 1 aromatic carbocycles. The fraction of sp³-hybridized carbons (Fsp3) is 0.500. The molecule has 0 saturated carbocycles. The van der Waals surface area contributed by atoms with Gasteiger partial charge in [-0.2, -0.15) is 0 Å². The van der Waals surface area contributed by atoms with Gasteiger partial charge in [-0.05, 0) is 37.4 Å². The highest BCUT2D eigenvalue weighted by molar-refractivity contribution is 5.76. The number of benzene rings is 1. The molecule has 2 aliphatic heterocycles. The fourth-order valence-electron chi connectivity index (χ4n) is 4.12. The number of fused-ring (bicyclic) bond motifs is 1. The Morgan fingerprint density at radius 1 is 1.36 bits per heavy atom. The van der Waals surface area contributed by atoms with Gasteiger partial charge < -0.3 is 15.0 Å². The Morgan fingerprint density at radius 3 is 3.07 bits per heavy atom. The monoisotopic (exact) mass is 380 g/mol. The minimum absolute atomic E-state index is 0.178. The molecule has 0 unspecified atom stereocenters. The summed E-state index contributed by atoms with van der Waals surface area (Å²) in [5, 5.41) is 3.43. The molecule has 0 aliphatic carbocycles. The van der Waals surface area contributed by atoms with Crippen LogP contribution in [0.3, 0.4) is 0 Å². The van der Waals surface area contributed by atoms with Crippen molar-refractivity contribution in [3.05, 3.63) is 53.1 Å². The normalized spacial score (nSPS) is 19.2. The maximum Gasteiger partial charge on any atom is 0.223 e. The van der Waals surface area contributed by atoms with Crippen molar-refractivity contribution in [2.75, 3.05) is 26.7 Å². The van der Waals surface area contributed by atoms with E-state index >= 15 is 0 Å². The standard InChI is InChI=1S/C22H28N4O2/c1-28-20-7-3-2-5-16(20)8-9-21(27)26-12-10-19-18(15-26)14-24-22(25-19)17-6-4-11-23-13-17/h2-3,5,7,14,17,23H,4,6,8-13,15H2,1H3/t17-/m1/s1. The van der Waals surface area contributed by atoms with Crippen LogP contribution in [0.2, 0.25) is 0 Å². The Kier molecular flexibility index (Phi) is 5.86. The Bertz CT molecular complexity index is 833. The van der Waals surface area contributed by atoms with Crippen molar-refractivity contribution >= 4 is 5.91 Å². The number of hydrogen-bond acceptors (Lipinski definition) is 5. The van der Waals surface area contributed by atoms with Gasteiger partial charge >= 0.3 is 0 Å². The van der Waals surface area contributed by atoms with Gasteiger partial charge in [0.2, 0.25) is 5.91 Å². The van der Waals surface area contributed by atoms with Crippen LogP contribution in [-0.4, -0.2) is 47.5 Å². The Morgan fingerprint density at radius 2 is 2.25 bits per heavy atom. The molecule has 1 N–H and O–H groups in total. The number of aromatic nitrogens is 2. The zero-order valence-corrected chi connectivity index (χ0v) is 16.5. The lowest BCUT2D eigenvalue weighted by Crippen LogP contribution is -2.37. The summed E-state index contributed by atoms with van der Waals surface area (Å²) in [7, 11) is 1.67. The van der Waals surface area contributed by atoms with E-state index in [9.17, 15) is 4.79 Å². The van der Waals surface area contributed by atoms with Gasteiger partial charge in [-0.15, -0.1) is 0 Å². The summed E-state index contributed by atoms with van der Waals surface area (Å²) in [5.41, 5.74) is 3.28. The van der Waals surface area contributed by atoms with Crippen LogP contribution in [0, 0.1) is 0 Å². The van der Waals surface area contributed by atoms with Crippen LogP contribution in [0.5, 0.6) is 5.75 Å². The third-order valence-corrected chi connectivity index (χ3v) is 5.77. The number of nitrogens with zero attached hydrogens (tertiary/aromatic N) is 3. The minimum atomic E-state index is 0.178. The number of rotatable bonds is 5. The Hall–Kier alpha value is -2.47. The number of nitrogens with one attached hydrogen (secondary N) is 1. The highest BCUT2D eigenvalue weighted by atomic mass is 16.5. The van der Waals surface area contributed by atoms with E-state index < -0.39 is 0 Å². The van der Waals surface area contributed by atoms with Crippen LogP contribution in [0.25, 0.3) is 0 Å². The summed E-state index contributed by atoms with van der Waals surface area (Å²) >= 11 is 0. The van der Waals surface area contributed by atoms with Gasteiger partial charge in [-0.1, -0.05) is 18.2 Å². The molecule has 1 saturated heterocycles. The first-order valence-corrected chi connectivity index (χ1v) is 10.2.